The summed E-state index contributed by atoms with van der Waals surface area (Å²) in [6.45, 7) is 7.93. The molecule has 0 radical (unpaired) electrons. The number of thiocarbonyl (C=S) groups is 1. The SMILES string of the molecule is CCCN1CCC(Nc2c(C)cccc2C(N)=S)CC1. The molecular weight excluding hydrogens is 266 g/mol. The summed E-state index contributed by atoms with van der Waals surface area (Å²) in [5, 5.41) is 3.67. The Balaban J connectivity index is 2.03. The molecule has 0 amide bonds. The van der Waals surface area contributed by atoms with Crippen LogP contribution in [0.3, 0.4) is 0 Å². The van der Waals surface area contributed by atoms with Gasteiger partial charge < -0.3 is 16.0 Å². The number of nitrogens with one attached hydrogen (secondary N) is 1. The fourth-order valence-corrected chi connectivity index (χ4v) is 3.06. The van der Waals surface area contributed by atoms with Gasteiger partial charge in [0.2, 0.25) is 0 Å². The largest absolute Gasteiger partial charge is 0.389 e. The molecule has 110 valence electrons. The van der Waals surface area contributed by atoms with Gasteiger partial charge in [0.1, 0.15) is 4.99 Å². The van der Waals surface area contributed by atoms with Gasteiger partial charge in [-0.2, -0.15) is 0 Å². The standard InChI is InChI=1S/C16H25N3S/c1-3-9-19-10-7-13(8-11-19)18-15-12(2)5-4-6-14(15)16(17)20/h4-6,13,18H,3,7-11H2,1-2H3,(H2,17,20). The van der Waals surface area contributed by atoms with Crippen LogP contribution in [-0.4, -0.2) is 35.6 Å². The van der Waals surface area contributed by atoms with E-state index >= 15 is 0 Å². The summed E-state index contributed by atoms with van der Waals surface area (Å²) in [7, 11) is 0. The number of benzene rings is 1. The third-order valence-corrected chi connectivity index (χ3v) is 4.23. The maximum Gasteiger partial charge on any atom is 0.106 e. The lowest BCUT2D eigenvalue weighted by Crippen LogP contribution is -2.39. The molecule has 0 spiro atoms. The first-order chi connectivity index (χ1) is 9.61. The lowest BCUT2D eigenvalue weighted by atomic mass is 10.0. The number of rotatable bonds is 5. The number of nitrogens with zero attached hydrogens (tertiary/aromatic N) is 1. The monoisotopic (exact) mass is 291 g/mol. The summed E-state index contributed by atoms with van der Waals surface area (Å²) in [6.07, 6.45) is 3.61. The average molecular weight is 291 g/mol. The van der Waals surface area contributed by atoms with Crippen LogP contribution < -0.4 is 11.1 Å². The first-order valence-corrected chi connectivity index (χ1v) is 7.91. The molecule has 1 fully saturated rings. The number of hydrogen-bond donors (Lipinski definition) is 2. The highest BCUT2D eigenvalue weighted by atomic mass is 32.1. The molecule has 4 heteroatoms. The highest BCUT2D eigenvalue weighted by Crippen LogP contribution is 2.24. The maximum atomic E-state index is 5.83. The fraction of sp³-hybridized carbons (Fsp3) is 0.562. The second-order valence-electron chi connectivity index (χ2n) is 5.62. The van der Waals surface area contributed by atoms with E-state index in [0.29, 0.717) is 11.0 Å². The smallest absolute Gasteiger partial charge is 0.106 e. The predicted molar refractivity (Wildman–Crippen MR) is 90.4 cm³/mol. The van der Waals surface area contributed by atoms with Crippen LogP contribution in [0.5, 0.6) is 0 Å². The van der Waals surface area contributed by atoms with Crippen LogP contribution in [0.25, 0.3) is 0 Å². The third-order valence-electron chi connectivity index (χ3n) is 4.01. The summed E-state index contributed by atoms with van der Waals surface area (Å²) in [5.41, 5.74) is 9.14. The molecule has 1 aromatic rings. The van der Waals surface area contributed by atoms with Gasteiger partial charge in [-0.15, -0.1) is 0 Å². The maximum absolute atomic E-state index is 5.83. The minimum atomic E-state index is 0.472. The van der Waals surface area contributed by atoms with Crippen molar-refractivity contribution >= 4 is 22.9 Å². The van der Waals surface area contributed by atoms with Crippen molar-refractivity contribution in [2.75, 3.05) is 25.0 Å². The van der Waals surface area contributed by atoms with Crippen LogP contribution in [0.1, 0.15) is 37.3 Å². The first kappa shape index (κ1) is 15.3. The van der Waals surface area contributed by atoms with Crippen LogP contribution in [0.2, 0.25) is 0 Å². The van der Waals surface area contributed by atoms with E-state index in [9.17, 15) is 0 Å². The van der Waals surface area contributed by atoms with Crippen molar-refractivity contribution < 1.29 is 0 Å². The van der Waals surface area contributed by atoms with E-state index in [2.05, 4.69) is 30.1 Å². The fourth-order valence-electron chi connectivity index (χ4n) is 2.89. The summed E-state index contributed by atoms with van der Waals surface area (Å²) in [4.78, 5) is 3.02. The molecule has 1 saturated heterocycles. The Morgan fingerprint density at radius 3 is 2.70 bits per heavy atom. The molecule has 1 aliphatic rings. The minimum Gasteiger partial charge on any atom is -0.389 e. The van der Waals surface area contributed by atoms with E-state index in [1.165, 1.54) is 44.5 Å². The minimum absolute atomic E-state index is 0.472. The van der Waals surface area contributed by atoms with E-state index < -0.39 is 0 Å². The topological polar surface area (TPSA) is 41.3 Å². The predicted octanol–water partition coefficient (Wildman–Crippen LogP) is 2.92. The van der Waals surface area contributed by atoms with Crippen LogP contribution in [0.4, 0.5) is 5.69 Å². The normalized spacial score (nSPS) is 17.1. The van der Waals surface area contributed by atoms with Gasteiger partial charge in [-0.1, -0.05) is 31.3 Å². The van der Waals surface area contributed by atoms with E-state index in [-0.39, 0.29) is 0 Å². The Kier molecular flexibility index (Phi) is 5.38. The number of hydrogen-bond acceptors (Lipinski definition) is 3. The van der Waals surface area contributed by atoms with Crippen molar-refractivity contribution in [2.24, 2.45) is 5.73 Å². The number of para-hydroxylation sites is 1. The molecule has 1 aliphatic heterocycles. The van der Waals surface area contributed by atoms with Gasteiger partial charge in [-0.25, -0.2) is 0 Å². The van der Waals surface area contributed by atoms with Gasteiger partial charge in [-0.3, -0.25) is 0 Å². The summed E-state index contributed by atoms with van der Waals surface area (Å²) < 4.78 is 0. The number of likely N-dealkylation sites (tertiary alicyclic amines) is 1. The molecule has 3 N–H and O–H groups in total. The van der Waals surface area contributed by atoms with Gasteiger partial charge in [-0.05, 0) is 44.4 Å². The Hall–Kier alpha value is -1.13. The molecule has 0 aromatic heterocycles. The summed E-state index contributed by atoms with van der Waals surface area (Å²) in [5.74, 6) is 0. The van der Waals surface area contributed by atoms with E-state index in [1.54, 1.807) is 0 Å². The lowest BCUT2D eigenvalue weighted by Gasteiger charge is -2.33. The highest BCUT2D eigenvalue weighted by Gasteiger charge is 2.20. The summed E-state index contributed by atoms with van der Waals surface area (Å²) >= 11 is 5.16. The van der Waals surface area contributed by atoms with Crippen molar-refractivity contribution in [2.45, 2.75) is 39.2 Å². The number of aryl methyl sites for hydroxylation is 1. The van der Waals surface area contributed by atoms with Gasteiger partial charge in [0.25, 0.3) is 0 Å². The number of nitrogens with two attached hydrogens (primary N) is 1. The van der Waals surface area contributed by atoms with Gasteiger partial charge in [0, 0.05) is 30.4 Å². The zero-order chi connectivity index (χ0) is 14.5. The van der Waals surface area contributed by atoms with Crippen LogP contribution in [0.15, 0.2) is 18.2 Å². The molecule has 20 heavy (non-hydrogen) atoms. The Morgan fingerprint density at radius 2 is 2.10 bits per heavy atom. The molecule has 0 bridgehead atoms. The quantitative estimate of drug-likeness (QED) is 0.819. The molecule has 2 rings (SSSR count). The zero-order valence-electron chi connectivity index (χ0n) is 12.5. The molecular formula is C16H25N3S. The van der Waals surface area contributed by atoms with Gasteiger partial charge in [0.05, 0.1) is 0 Å². The Morgan fingerprint density at radius 1 is 1.40 bits per heavy atom. The number of piperidine rings is 1. The Labute approximate surface area is 127 Å². The first-order valence-electron chi connectivity index (χ1n) is 7.50. The second-order valence-corrected chi connectivity index (χ2v) is 6.06. The van der Waals surface area contributed by atoms with E-state index in [4.69, 9.17) is 18.0 Å². The zero-order valence-corrected chi connectivity index (χ0v) is 13.3. The van der Waals surface area contributed by atoms with Crippen molar-refractivity contribution in [3.8, 4) is 0 Å². The van der Waals surface area contributed by atoms with Crippen LogP contribution >= 0.6 is 12.2 Å². The molecule has 0 atom stereocenters. The second kappa shape index (κ2) is 7.04. The molecule has 0 aliphatic carbocycles. The van der Waals surface area contributed by atoms with E-state index in [1.807, 2.05) is 12.1 Å². The molecule has 0 unspecified atom stereocenters. The van der Waals surface area contributed by atoms with Crippen molar-refractivity contribution in [3.63, 3.8) is 0 Å². The van der Waals surface area contributed by atoms with Crippen molar-refractivity contribution in [1.82, 2.24) is 4.90 Å². The molecule has 1 heterocycles. The van der Waals surface area contributed by atoms with Crippen LogP contribution in [-0.2, 0) is 0 Å². The molecule has 0 saturated carbocycles. The number of anilines is 1. The van der Waals surface area contributed by atoms with Gasteiger partial charge >= 0.3 is 0 Å². The van der Waals surface area contributed by atoms with Crippen molar-refractivity contribution in [1.29, 1.82) is 0 Å². The lowest BCUT2D eigenvalue weighted by molar-refractivity contribution is 0.219. The molecule has 1 aromatic carbocycles. The summed E-state index contributed by atoms with van der Waals surface area (Å²) in [6, 6.07) is 6.65. The molecule has 3 nitrogen and oxygen atoms in total. The average Bonchev–Trinajstić information content (AvgIpc) is 2.43. The third kappa shape index (κ3) is 3.70. The van der Waals surface area contributed by atoms with Crippen molar-refractivity contribution in [3.05, 3.63) is 29.3 Å². The van der Waals surface area contributed by atoms with Crippen LogP contribution in [0, 0.1) is 6.92 Å². The Bertz CT molecular complexity index is 465. The van der Waals surface area contributed by atoms with Gasteiger partial charge in [0.15, 0.2) is 0 Å². The van der Waals surface area contributed by atoms with E-state index in [0.717, 1.165) is 11.3 Å². The highest BCUT2D eigenvalue weighted by molar-refractivity contribution is 7.80.